The minimum absolute atomic E-state index is 0.165. The largest absolute Gasteiger partial charge is 0.309 e. The van der Waals surface area contributed by atoms with Gasteiger partial charge in [-0.2, -0.15) is 0 Å². The molecule has 0 aliphatic heterocycles. The van der Waals surface area contributed by atoms with Crippen molar-refractivity contribution in [3.8, 4) is 51.0 Å². The average Bonchev–Trinajstić information content (AvgIpc) is 3.48. The van der Waals surface area contributed by atoms with Crippen molar-refractivity contribution in [3.05, 3.63) is 158 Å². The zero-order chi connectivity index (χ0) is 32.1. The molecule has 0 saturated heterocycles. The van der Waals surface area contributed by atoms with E-state index in [-0.39, 0.29) is 35.6 Å². The van der Waals surface area contributed by atoms with Gasteiger partial charge in [-0.1, -0.05) is 139 Å². The minimum atomic E-state index is -0.354. The summed E-state index contributed by atoms with van der Waals surface area (Å²) in [6.07, 6.45) is 0. The van der Waals surface area contributed by atoms with Crippen molar-refractivity contribution in [2.45, 2.75) is 0 Å². The summed E-state index contributed by atoms with van der Waals surface area (Å²) in [4.78, 5) is 14.6. The van der Waals surface area contributed by atoms with E-state index in [9.17, 15) is 2.74 Å². The quantitative estimate of drug-likeness (QED) is 0.213. The summed E-state index contributed by atoms with van der Waals surface area (Å²) in [5.41, 5.74) is 5.46. The van der Waals surface area contributed by atoms with Gasteiger partial charge in [0.2, 0.25) is 0 Å². The number of nitrogens with zero attached hydrogens (tertiary/aromatic N) is 4. The average molecular weight is 555 g/mol. The molecule has 8 aromatic rings. The fraction of sp³-hybridized carbons (Fsp3) is 0. The third-order valence-corrected chi connectivity index (χ3v) is 7.59. The summed E-state index contributed by atoms with van der Waals surface area (Å²) < 4.78 is 38.2. The molecule has 2 heterocycles. The topological polar surface area (TPSA) is 43.6 Å². The summed E-state index contributed by atoms with van der Waals surface area (Å²) in [5.74, 6) is 0.980. The first-order chi connectivity index (χ1) is 23.0. The van der Waals surface area contributed by atoms with Crippen LogP contribution in [0.3, 0.4) is 0 Å². The predicted octanol–water partition coefficient (Wildman–Crippen LogP) is 9.64. The monoisotopic (exact) mass is 554 g/mol. The van der Waals surface area contributed by atoms with Crippen molar-refractivity contribution >= 4 is 21.8 Å². The number of aromatic nitrogens is 4. The number of fused-ring (bicyclic) bond motifs is 3. The first-order valence-electron chi connectivity index (χ1n) is 16.1. The maximum absolute atomic E-state index is 9.31. The van der Waals surface area contributed by atoms with Crippen molar-refractivity contribution < 1.29 is 5.48 Å². The van der Waals surface area contributed by atoms with Crippen molar-refractivity contribution in [1.29, 1.82) is 0 Å². The van der Waals surface area contributed by atoms with Crippen LogP contribution in [0.1, 0.15) is 5.48 Å². The van der Waals surface area contributed by atoms with Gasteiger partial charge < -0.3 is 4.57 Å². The van der Waals surface area contributed by atoms with Gasteiger partial charge in [0.25, 0.3) is 0 Å². The van der Waals surface area contributed by atoms with Crippen LogP contribution in [0.2, 0.25) is 0 Å². The van der Waals surface area contributed by atoms with E-state index in [2.05, 4.69) is 22.8 Å². The van der Waals surface area contributed by atoms with E-state index in [0.29, 0.717) is 22.8 Å². The van der Waals surface area contributed by atoms with Crippen LogP contribution in [-0.4, -0.2) is 19.5 Å². The Morgan fingerprint density at radius 2 is 0.977 bits per heavy atom. The SMILES string of the molecule is [2H]c1c([2H])c([2H])c(-c2cccc3c4ccccc4n(-c4ccccc4)c23)c(-c2nc(-c3ccccc3)nc(-c3ccccc3)n2)c1[2H]. The second-order valence-corrected chi connectivity index (χ2v) is 10.2. The highest BCUT2D eigenvalue weighted by molar-refractivity contribution is 6.14. The van der Waals surface area contributed by atoms with E-state index in [1.54, 1.807) is 0 Å². The zero-order valence-corrected chi connectivity index (χ0v) is 23.0. The van der Waals surface area contributed by atoms with Gasteiger partial charge in [-0.3, -0.25) is 0 Å². The molecule has 43 heavy (non-hydrogen) atoms. The molecule has 0 radical (unpaired) electrons. The molecule has 202 valence electrons. The van der Waals surface area contributed by atoms with Gasteiger partial charge in [0.15, 0.2) is 17.5 Å². The van der Waals surface area contributed by atoms with Gasteiger partial charge in [0, 0.05) is 38.7 Å². The first-order valence-corrected chi connectivity index (χ1v) is 14.1. The van der Waals surface area contributed by atoms with Crippen molar-refractivity contribution in [1.82, 2.24) is 19.5 Å². The number of rotatable bonds is 5. The van der Waals surface area contributed by atoms with Crippen LogP contribution in [0.5, 0.6) is 0 Å². The predicted molar refractivity (Wildman–Crippen MR) is 176 cm³/mol. The number of para-hydroxylation sites is 3. The van der Waals surface area contributed by atoms with Crippen LogP contribution >= 0.6 is 0 Å². The van der Waals surface area contributed by atoms with Crippen molar-refractivity contribution in [3.63, 3.8) is 0 Å². The lowest BCUT2D eigenvalue weighted by molar-refractivity contribution is 1.07. The van der Waals surface area contributed by atoms with E-state index in [4.69, 9.17) is 17.7 Å². The Morgan fingerprint density at radius 3 is 1.65 bits per heavy atom. The normalized spacial score (nSPS) is 12.6. The fourth-order valence-electron chi connectivity index (χ4n) is 5.67. The molecule has 0 spiro atoms. The van der Waals surface area contributed by atoms with Gasteiger partial charge in [0.05, 0.1) is 16.5 Å². The minimum Gasteiger partial charge on any atom is -0.309 e. The number of hydrogen-bond acceptors (Lipinski definition) is 3. The van der Waals surface area contributed by atoms with Crippen molar-refractivity contribution in [2.75, 3.05) is 0 Å². The highest BCUT2D eigenvalue weighted by atomic mass is 15.0. The van der Waals surface area contributed by atoms with Crippen molar-refractivity contribution in [2.24, 2.45) is 0 Å². The fourth-order valence-corrected chi connectivity index (χ4v) is 5.67. The highest BCUT2D eigenvalue weighted by Gasteiger charge is 2.20. The Balaban J connectivity index is 1.51. The Morgan fingerprint density at radius 1 is 0.442 bits per heavy atom. The third-order valence-electron chi connectivity index (χ3n) is 7.59. The van der Waals surface area contributed by atoms with E-state index in [0.717, 1.165) is 38.6 Å². The summed E-state index contributed by atoms with van der Waals surface area (Å²) in [7, 11) is 0. The molecule has 0 aliphatic carbocycles. The third kappa shape index (κ3) is 4.37. The molecule has 0 fully saturated rings. The Bertz CT molecular complexity index is 2390. The van der Waals surface area contributed by atoms with Crippen LogP contribution < -0.4 is 0 Å². The molecular weight excluding hydrogens is 524 g/mol. The number of hydrogen-bond donors (Lipinski definition) is 0. The molecule has 6 aromatic carbocycles. The molecule has 2 aromatic heterocycles. The zero-order valence-electron chi connectivity index (χ0n) is 27.0. The van der Waals surface area contributed by atoms with E-state index < -0.39 is 0 Å². The molecule has 0 saturated carbocycles. The smallest absolute Gasteiger partial charge is 0.164 e. The van der Waals surface area contributed by atoms with Crippen LogP contribution in [0, 0.1) is 0 Å². The van der Waals surface area contributed by atoms with Crippen LogP contribution in [0.15, 0.2) is 158 Å². The molecule has 8 rings (SSSR count). The molecule has 4 nitrogen and oxygen atoms in total. The van der Waals surface area contributed by atoms with Gasteiger partial charge in [-0.05, 0) is 23.8 Å². The second kappa shape index (κ2) is 10.5. The molecule has 0 N–H and O–H groups in total. The maximum atomic E-state index is 9.31. The van der Waals surface area contributed by atoms with Gasteiger partial charge >= 0.3 is 0 Å². The Labute approximate surface area is 255 Å². The van der Waals surface area contributed by atoms with E-state index in [1.807, 2.05) is 115 Å². The lowest BCUT2D eigenvalue weighted by Gasteiger charge is -2.15. The first kappa shape index (κ1) is 20.9. The van der Waals surface area contributed by atoms with Gasteiger partial charge in [-0.15, -0.1) is 0 Å². The second-order valence-electron chi connectivity index (χ2n) is 10.2. The summed E-state index contributed by atoms with van der Waals surface area (Å²) in [6, 6.07) is 42.1. The lowest BCUT2D eigenvalue weighted by Crippen LogP contribution is -2.01. The molecule has 0 bridgehead atoms. The molecule has 0 unspecified atom stereocenters. The Kier molecular flexibility index (Phi) is 5.11. The molecular formula is C39H26N4. The molecule has 0 atom stereocenters. The maximum Gasteiger partial charge on any atom is 0.164 e. The molecule has 0 amide bonds. The van der Waals surface area contributed by atoms with Crippen LogP contribution in [0.25, 0.3) is 72.8 Å². The Hall–Kier alpha value is -5.87. The molecule has 0 aliphatic rings. The lowest BCUT2D eigenvalue weighted by atomic mass is 9.96. The molecule has 4 heteroatoms. The summed E-state index contributed by atoms with van der Waals surface area (Å²) in [6.45, 7) is 0. The van der Waals surface area contributed by atoms with E-state index in [1.165, 1.54) is 0 Å². The van der Waals surface area contributed by atoms with Crippen LogP contribution in [0.4, 0.5) is 0 Å². The summed E-state index contributed by atoms with van der Waals surface area (Å²) in [5, 5.41) is 2.00. The standard InChI is InChI=1S/C39H26N4/c1-4-15-27(16-5-1)37-40-38(28-17-6-2-7-18-28)42-39(41-37)34-23-11-10-21-30(34)32-24-14-25-33-31-22-12-13-26-35(31)43(36(32)33)29-19-8-3-9-20-29/h1-26H/i10D,11D,21D,23D. The van der Waals surface area contributed by atoms with E-state index >= 15 is 0 Å². The number of benzene rings is 6. The van der Waals surface area contributed by atoms with Crippen LogP contribution in [-0.2, 0) is 0 Å². The summed E-state index contributed by atoms with van der Waals surface area (Å²) >= 11 is 0. The van der Waals surface area contributed by atoms with Gasteiger partial charge in [0.1, 0.15) is 0 Å². The highest BCUT2D eigenvalue weighted by Crippen LogP contribution is 2.41. The van der Waals surface area contributed by atoms with Gasteiger partial charge in [-0.25, -0.2) is 15.0 Å².